The zero-order valence-electron chi connectivity index (χ0n) is 25.6. The normalized spacial score (nSPS) is 12.1. The van der Waals surface area contributed by atoms with Crippen LogP contribution >= 0.6 is 0 Å². The minimum atomic E-state index is -0.895. The highest BCUT2D eigenvalue weighted by molar-refractivity contribution is 5.98. The second-order valence-electron chi connectivity index (χ2n) is 10.6. The van der Waals surface area contributed by atoms with Gasteiger partial charge in [-0.25, -0.2) is 0 Å². The lowest BCUT2D eigenvalue weighted by Gasteiger charge is -2.24. The van der Waals surface area contributed by atoms with Crippen LogP contribution in [0.25, 0.3) is 0 Å². The third-order valence-electron chi connectivity index (χ3n) is 7.53. The van der Waals surface area contributed by atoms with E-state index in [2.05, 4.69) is 10.6 Å². The Balaban J connectivity index is 1.65. The Morgan fingerprint density at radius 2 is 1.38 bits per heavy atom. The van der Waals surface area contributed by atoms with Gasteiger partial charge in [0.2, 0.25) is 17.7 Å². The maximum absolute atomic E-state index is 14.2. The number of ether oxygens (including phenoxy) is 2. The van der Waals surface area contributed by atoms with Crippen LogP contribution in [-0.2, 0) is 35.5 Å². The van der Waals surface area contributed by atoms with E-state index in [4.69, 9.17) is 20.9 Å². The molecule has 3 amide bonds. The van der Waals surface area contributed by atoms with Gasteiger partial charge < -0.3 is 31.6 Å². The summed E-state index contributed by atoms with van der Waals surface area (Å²) in [5, 5.41) is 5.95. The summed E-state index contributed by atoms with van der Waals surface area (Å²) >= 11 is 0. The number of hydrogen-bond acceptors (Lipinski definition) is 6. The van der Waals surface area contributed by atoms with Crippen LogP contribution in [0.3, 0.4) is 0 Å². The molecule has 2 atom stereocenters. The minimum absolute atomic E-state index is 0.201. The molecule has 0 saturated carbocycles. The number of carbonyl (C=O) groups is 3. The number of primary amides is 1. The standard InChI is InChI=1S/C36H40N4O5/c1-3-45-28-15-13-25(14-16-28)19-32(31-21-29(44-2)17-18-30(31)34(38)41)35(42)40-33(20-24-7-5-4-6-8-24)36(43)39-23-27-11-9-26(22-37)10-12-27/h4-18,21,32-33H,3,19-20,22-23,37H2,1-2H3,(H2,38,41)(H,39,43)(H,40,42)/t32-,33+/m1/s1. The zero-order valence-corrected chi connectivity index (χ0v) is 25.6. The van der Waals surface area contributed by atoms with E-state index in [0.717, 1.165) is 22.3 Å². The fourth-order valence-corrected chi connectivity index (χ4v) is 5.09. The Kier molecular flexibility index (Phi) is 11.7. The Bertz CT molecular complexity index is 1570. The molecule has 4 rings (SSSR count). The molecule has 0 aliphatic heterocycles. The minimum Gasteiger partial charge on any atom is -0.497 e. The molecule has 0 bridgehead atoms. The summed E-state index contributed by atoms with van der Waals surface area (Å²) in [5.41, 5.74) is 15.7. The lowest BCUT2D eigenvalue weighted by molar-refractivity contribution is -0.129. The summed E-state index contributed by atoms with van der Waals surface area (Å²) in [6, 6.07) is 28.5. The molecule has 0 aliphatic carbocycles. The summed E-state index contributed by atoms with van der Waals surface area (Å²) in [5.74, 6) is -1.12. The average molecular weight is 609 g/mol. The number of hydrogen-bond donors (Lipinski definition) is 4. The number of carbonyl (C=O) groups excluding carboxylic acids is 3. The Hall–Kier alpha value is -5.15. The molecule has 0 fully saturated rings. The third-order valence-corrected chi connectivity index (χ3v) is 7.53. The SMILES string of the molecule is CCOc1ccc(C[C@@H](C(=O)N[C@@H](Cc2ccccc2)C(=O)NCc2ccc(CN)cc2)c2cc(OC)ccc2C(N)=O)cc1. The van der Waals surface area contributed by atoms with Gasteiger partial charge in [0.25, 0.3) is 0 Å². The zero-order chi connectivity index (χ0) is 32.2. The highest BCUT2D eigenvalue weighted by atomic mass is 16.5. The second-order valence-corrected chi connectivity index (χ2v) is 10.6. The quantitative estimate of drug-likeness (QED) is 0.160. The maximum Gasteiger partial charge on any atom is 0.249 e. The van der Waals surface area contributed by atoms with E-state index in [1.807, 2.05) is 85.8 Å². The molecule has 0 saturated heterocycles. The van der Waals surface area contributed by atoms with Crippen LogP contribution in [0.5, 0.6) is 11.5 Å². The molecule has 9 nitrogen and oxygen atoms in total. The molecule has 234 valence electrons. The number of methoxy groups -OCH3 is 1. The molecular formula is C36H40N4O5. The van der Waals surface area contributed by atoms with Crippen molar-refractivity contribution in [1.82, 2.24) is 10.6 Å². The highest BCUT2D eigenvalue weighted by Gasteiger charge is 2.30. The van der Waals surface area contributed by atoms with Crippen molar-refractivity contribution in [2.45, 2.75) is 44.8 Å². The predicted molar refractivity (Wildman–Crippen MR) is 174 cm³/mol. The predicted octanol–water partition coefficient (Wildman–Crippen LogP) is 4.02. The van der Waals surface area contributed by atoms with E-state index in [1.54, 1.807) is 18.2 Å². The lowest BCUT2D eigenvalue weighted by Crippen LogP contribution is -2.49. The molecule has 0 spiro atoms. The molecule has 0 aromatic heterocycles. The van der Waals surface area contributed by atoms with Gasteiger partial charge in [-0.15, -0.1) is 0 Å². The second kappa shape index (κ2) is 16.1. The van der Waals surface area contributed by atoms with E-state index < -0.39 is 23.8 Å². The topological polar surface area (TPSA) is 146 Å². The first-order valence-corrected chi connectivity index (χ1v) is 14.9. The van der Waals surface area contributed by atoms with Gasteiger partial charge >= 0.3 is 0 Å². The molecule has 0 heterocycles. The largest absolute Gasteiger partial charge is 0.497 e. The van der Waals surface area contributed by atoms with Crippen molar-refractivity contribution < 1.29 is 23.9 Å². The van der Waals surface area contributed by atoms with E-state index in [-0.39, 0.29) is 30.9 Å². The summed E-state index contributed by atoms with van der Waals surface area (Å²) in [6.07, 6.45) is 0.500. The van der Waals surface area contributed by atoms with Crippen molar-refractivity contribution >= 4 is 17.7 Å². The van der Waals surface area contributed by atoms with Gasteiger partial charge in [-0.05, 0) is 71.5 Å². The number of nitrogens with one attached hydrogen (secondary N) is 2. The molecule has 6 N–H and O–H groups in total. The molecular weight excluding hydrogens is 568 g/mol. The summed E-state index contributed by atoms with van der Waals surface area (Å²) in [6.45, 7) is 3.14. The fraction of sp³-hybridized carbons (Fsp3) is 0.250. The monoisotopic (exact) mass is 608 g/mol. The van der Waals surface area contributed by atoms with Crippen LogP contribution in [0.1, 0.15) is 51.0 Å². The van der Waals surface area contributed by atoms with Crippen LogP contribution in [-0.4, -0.2) is 37.5 Å². The fourth-order valence-electron chi connectivity index (χ4n) is 5.09. The first-order valence-electron chi connectivity index (χ1n) is 14.9. The molecule has 0 aliphatic rings. The molecule has 4 aromatic rings. The number of benzene rings is 4. The van der Waals surface area contributed by atoms with Gasteiger partial charge in [-0.3, -0.25) is 14.4 Å². The first-order chi connectivity index (χ1) is 21.8. The lowest BCUT2D eigenvalue weighted by atomic mass is 9.87. The number of rotatable bonds is 15. The summed E-state index contributed by atoms with van der Waals surface area (Å²) < 4.78 is 11.0. The Morgan fingerprint density at radius 1 is 0.756 bits per heavy atom. The summed E-state index contributed by atoms with van der Waals surface area (Å²) in [7, 11) is 1.51. The van der Waals surface area contributed by atoms with Gasteiger partial charge in [-0.2, -0.15) is 0 Å². The van der Waals surface area contributed by atoms with Crippen LogP contribution in [0.4, 0.5) is 0 Å². The Morgan fingerprint density at radius 3 is 2.00 bits per heavy atom. The van der Waals surface area contributed by atoms with Crippen molar-refractivity contribution in [3.63, 3.8) is 0 Å². The van der Waals surface area contributed by atoms with Crippen LogP contribution < -0.4 is 31.6 Å². The van der Waals surface area contributed by atoms with Crippen molar-refractivity contribution in [2.24, 2.45) is 11.5 Å². The van der Waals surface area contributed by atoms with E-state index >= 15 is 0 Å². The van der Waals surface area contributed by atoms with Crippen molar-refractivity contribution in [3.8, 4) is 11.5 Å². The first kappa shape index (κ1) is 32.8. The highest BCUT2D eigenvalue weighted by Crippen LogP contribution is 2.29. The van der Waals surface area contributed by atoms with Crippen LogP contribution in [0.15, 0.2) is 97.1 Å². The van der Waals surface area contributed by atoms with Gasteiger partial charge in [-0.1, -0.05) is 66.7 Å². The van der Waals surface area contributed by atoms with Crippen molar-refractivity contribution in [3.05, 3.63) is 130 Å². The molecule has 0 unspecified atom stereocenters. The van der Waals surface area contributed by atoms with Gasteiger partial charge in [0.05, 0.1) is 19.6 Å². The number of nitrogens with two attached hydrogens (primary N) is 2. The Labute approximate surface area is 263 Å². The molecule has 4 aromatic carbocycles. The summed E-state index contributed by atoms with van der Waals surface area (Å²) in [4.78, 5) is 40.4. The van der Waals surface area contributed by atoms with Crippen molar-refractivity contribution in [2.75, 3.05) is 13.7 Å². The van der Waals surface area contributed by atoms with E-state index in [1.165, 1.54) is 7.11 Å². The molecule has 9 heteroatoms. The third kappa shape index (κ3) is 9.17. The van der Waals surface area contributed by atoms with Crippen molar-refractivity contribution in [1.29, 1.82) is 0 Å². The maximum atomic E-state index is 14.2. The molecule has 0 radical (unpaired) electrons. The average Bonchev–Trinajstić information content (AvgIpc) is 3.07. The number of amides is 3. The van der Waals surface area contributed by atoms with Crippen LogP contribution in [0.2, 0.25) is 0 Å². The van der Waals surface area contributed by atoms with E-state index in [9.17, 15) is 14.4 Å². The molecule has 45 heavy (non-hydrogen) atoms. The van der Waals surface area contributed by atoms with Gasteiger partial charge in [0.15, 0.2) is 0 Å². The van der Waals surface area contributed by atoms with Gasteiger partial charge in [0.1, 0.15) is 17.5 Å². The van der Waals surface area contributed by atoms with Gasteiger partial charge in [0, 0.05) is 25.1 Å². The smallest absolute Gasteiger partial charge is 0.249 e. The van der Waals surface area contributed by atoms with E-state index in [0.29, 0.717) is 30.2 Å². The van der Waals surface area contributed by atoms with Crippen LogP contribution in [0, 0.1) is 0 Å².